The molecule has 9 heteroatoms. The lowest BCUT2D eigenvalue weighted by Crippen LogP contribution is -2.42. The number of ether oxygens (including phenoxy) is 2. The highest BCUT2D eigenvalue weighted by molar-refractivity contribution is 7.17. The first-order valence-electron chi connectivity index (χ1n) is 9.11. The van der Waals surface area contributed by atoms with Gasteiger partial charge in [-0.15, -0.1) is 11.3 Å². The molecule has 2 aromatic rings. The van der Waals surface area contributed by atoms with Crippen molar-refractivity contribution in [2.75, 3.05) is 26.3 Å². The van der Waals surface area contributed by atoms with Crippen LogP contribution in [0.4, 0.5) is 0 Å². The van der Waals surface area contributed by atoms with Crippen LogP contribution in [0, 0.1) is 12.8 Å². The van der Waals surface area contributed by atoms with Crippen LogP contribution in [0.2, 0.25) is 0 Å². The molecule has 0 bridgehead atoms. The van der Waals surface area contributed by atoms with E-state index in [9.17, 15) is 14.4 Å². The van der Waals surface area contributed by atoms with Gasteiger partial charge in [0.25, 0.3) is 5.91 Å². The third-order valence-corrected chi connectivity index (χ3v) is 6.41. The van der Waals surface area contributed by atoms with Gasteiger partial charge in [-0.3, -0.25) is 9.59 Å². The third kappa shape index (κ3) is 4.77. The molecule has 1 saturated heterocycles. The number of piperidine rings is 1. The van der Waals surface area contributed by atoms with Crippen LogP contribution in [0.25, 0.3) is 10.6 Å². The minimum Gasteiger partial charge on any atom is -0.466 e. The zero-order valence-electron chi connectivity index (χ0n) is 15.8. The molecule has 3 rings (SSSR count). The SMILES string of the molecule is CCOC(=O)C1CCN(C(=O)COC(=O)c2sc(-c3ccsc3)nc2C)CC1. The molecule has 1 aliphatic heterocycles. The van der Waals surface area contributed by atoms with Crippen molar-refractivity contribution in [2.24, 2.45) is 5.92 Å². The van der Waals surface area contributed by atoms with Crippen molar-refractivity contribution in [3.05, 3.63) is 27.4 Å². The number of thiazole rings is 1. The Labute approximate surface area is 171 Å². The fourth-order valence-electron chi connectivity index (χ4n) is 3.00. The second-order valence-electron chi connectivity index (χ2n) is 6.43. The number of hydrogen-bond donors (Lipinski definition) is 0. The van der Waals surface area contributed by atoms with E-state index in [4.69, 9.17) is 9.47 Å². The van der Waals surface area contributed by atoms with Crippen molar-refractivity contribution in [3.8, 4) is 10.6 Å². The lowest BCUT2D eigenvalue weighted by Gasteiger charge is -2.30. The second kappa shape index (κ2) is 9.29. The average molecular weight is 423 g/mol. The summed E-state index contributed by atoms with van der Waals surface area (Å²) in [5.41, 5.74) is 1.57. The van der Waals surface area contributed by atoms with Crippen LogP contribution < -0.4 is 0 Å². The molecular weight excluding hydrogens is 400 g/mol. The molecule has 0 unspecified atom stereocenters. The topological polar surface area (TPSA) is 85.8 Å². The number of esters is 2. The predicted octanol–water partition coefficient (Wildman–Crippen LogP) is 3.14. The molecule has 28 heavy (non-hydrogen) atoms. The maximum Gasteiger partial charge on any atom is 0.350 e. The monoisotopic (exact) mass is 422 g/mol. The van der Waals surface area contributed by atoms with E-state index >= 15 is 0 Å². The summed E-state index contributed by atoms with van der Waals surface area (Å²) in [6.07, 6.45) is 1.13. The van der Waals surface area contributed by atoms with E-state index in [1.165, 1.54) is 11.3 Å². The molecule has 0 atom stereocenters. The van der Waals surface area contributed by atoms with E-state index in [1.54, 1.807) is 30.1 Å². The minimum absolute atomic E-state index is 0.165. The molecule has 0 radical (unpaired) electrons. The van der Waals surface area contributed by atoms with Gasteiger partial charge in [0, 0.05) is 24.0 Å². The van der Waals surface area contributed by atoms with Gasteiger partial charge >= 0.3 is 11.9 Å². The first-order chi connectivity index (χ1) is 13.5. The van der Waals surface area contributed by atoms with Gasteiger partial charge in [-0.2, -0.15) is 11.3 Å². The first kappa shape index (κ1) is 20.5. The largest absolute Gasteiger partial charge is 0.466 e. The first-order valence-corrected chi connectivity index (χ1v) is 10.9. The Morgan fingerprint density at radius 2 is 2.00 bits per heavy atom. The van der Waals surface area contributed by atoms with Crippen LogP contribution in [0.3, 0.4) is 0 Å². The predicted molar refractivity (Wildman–Crippen MR) is 106 cm³/mol. The molecule has 1 amide bonds. The highest BCUT2D eigenvalue weighted by Crippen LogP contribution is 2.29. The zero-order chi connectivity index (χ0) is 20.1. The van der Waals surface area contributed by atoms with Gasteiger partial charge in [0.05, 0.1) is 18.2 Å². The van der Waals surface area contributed by atoms with Crippen LogP contribution in [0.1, 0.15) is 35.1 Å². The number of hydrogen-bond acceptors (Lipinski definition) is 8. The Morgan fingerprint density at radius 3 is 2.64 bits per heavy atom. The van der Waals surface area contributed by atoms with E-state index in [0.29, 0.717) is 43.1 Å². The smallest absolute Gasteiger partial charge is 0.350 e. The van der Waals surface area contributed by atoms with Gasteiger partial charge in [0.2, 0.25) is 0 Å². The van der Waals surface area contributed by atoms with Crippen LogP contribution in [0.5, 0.6) is 0 Å². The average Bonchev–Trinajstić information content (AvgIpc) is 3.36. The van der Waals surface area contributed by atoms with Gasteiger partial charge < -0.3 is 14.4 Å². The van der Waals surface area contributed by atoms with Crippen LogP contribution in [0.15, 0.2) is 16.8 Å². The summed E-state index contributed by atoms with van der Waals surface area (Å²) in [5.74, 6) is -1.16. The van der Waals surface area contributed by atoms with E-state index < -0.39 is 5.97 Å². The highest BCUT2D eigenvalue weighted by atomic mass is 32.1. The third-order valence-electron chi connectivity index (χ3n) is 4.54. The molecule has 2 aromatic heterocycles. The quantitative estimate of drug-likeness (QED) is 0.665. The summed E-state index contributed by atoms with van der Waals surface area (Å²) in [6, 6.07) is 1.95. The molecule has 1 fully saturated rings. The summed E-state index contributed by atoms with van der Waals surface area (Å²) in [7, 11) is 0. The Kier molecular flexibility index (Phi) is 6.79. The van der Waals surface area contributed by atoms with Gasteiger partial charge in [0.15, 0.2) is 6.61 Å². The van der Waals surface area contributed by atoms with Crippen molar-refractivity contribution in [1.82, 2.24) is 9.88 Å². The molecule has 3 heterocycles. The summed E-state index contributed by atoms with van der Waals surface area (Å²) < 4.78 is 10.2. The number of likely N-dealkylation sites (tertiary alicyclic amines) is 1. The summed E-state index contributed by atoms with van der Waals surface area (Å²) in [5, 5.41) is 4.68. The molecule has 0 aromatic carbocycles. The fourth-order valence-corrected chi connectivity index (χ4v) is 4.68. The number of rotatable bonds is 6. The molecule has 0 N–H and O–H groups in total. The summed E-state index contributed by atoms with van der Waals surface area (Å²) in [6.45, 7) is 4.50. The molecule has 0 spiro atoms. The number of aryl methyl sites for hydroxylation is 1. The molecule has 1 aliphatic rings. The summed E-state index contributed by atoms with van der Waals surface area (Å²) in [4.78, 5) is 42.9. The highest BCUT2D eigenvalue weighted by Gasteiger charge is 2.29. The van der Waals surface area contributed by atoms with E-state index in [-0.39, 0.29) is 24.4 Å². The van der Waals surface area contributed by atoms with Crippen molar-refractivity contribution >= 4 is 40.5 Å². The van der Waals surface area contributed by atoms with Crippen LogP contribution in [-0.4, -0.2) is 54.0 Å². The normalized spacial score (nSPS) is 14.7. The Morgan fingerprint density at radius 1 is 1.25 bits per heavy atom. The number of nitrogens with zero attached hydrogens (tertiary/aromatic N) is 2. The zero-order valence-corrected chi connectivity index (χ0v) is 17.4. The van der Waals surface area contributed by atoms with E-state index in [0.717, 1.165) is 10.6 Å². The second-order valence-corrected chi connectivity index (χ2v) is 8.21. The standard InChI is InChI=1S/C19H22N2O5S2/c1-3-25-18(23)13-4-7-21(8-5-13)15(22)10-26-19(24)16-12(2)20-17(28-16)14-6-9-27-11-14/h6,9,11,13H,3-5,7-8,10H2,1-2H3. The maximum absolute atomic E-state index is 12.4. The number of thiophene rings is 1. The lowest BCUT2D eigenvalue weighted by molar-refractivity contribution is -0.151. The number of carbonyl (C=O) groups is 3. The lowest BCUT2D eigenvalue weighted by atomic mass is 9.97. The molecule has 0 aliphatic carbocycles. The molecule has 0 saturated carbocycles. The van der Waals surface area contributed by atoms with E-state index in [2.05, 4.69) is 4.98 Å². The molecular formula is C19H22N2O5S2. The van der Waals surface area contributed by atoms with Crippen molar-refractivity contribution in [2.45, 2.75) is 26.7 Å². The van der Waals surface area contributed by atoms with Gasteiger partial charge in [-0.25, -0.2) is 9.78 Å². The number of aromatic nitrogens is 1. The Bertz CT molecular complexity index is 839. The Balaban J connectivity index is 1.50. The van der Waals surface area contributed by atoms with Gasteiger partial charge in [-0.05, 0) is 38.1 Å². The van der Waals surface area contributed by atoms with Gasteiger partial charge in [0.1, 0.15) is 9.88 Å². The summed E-state index contributed by atoms with van der Waals surface area (Å²) >= 11 is 2.83. The maximum atomic E-state index is 12.4. The van der Waals surface area contributed by atoms with Crippen molar-refractivity contribution < 1.29 is 23.9 Å². The molecule has 7 nitrogen and oxygen atoms in total. The number of carbonyl (C=O) groups excluding carboxylic acids is 3. The van der Waals surface area contributed by atoms with Crippen molar-refractivity contribution in [1.29, 1.82) is 0 Å². The van der Waals surface area contributed by atoms with Gasteiger partial charge in [-0.1, -0.05) is 0 Å². The number of amides is 1. The van der Waals surface area contributed by atoms with E-state index in [1.807, 2.05) is 16.8 Å². The van der Waals surface area contributed by atoms with Crippen LogP contribution >= 0.6 is 22.7 Å². The van der Waals surface area contributed by atoms with Crippen molar-refractivity contribution in [3.63, 3.8) is 0 Å². The minimum atomic E-state index is -0.536. The molecule has 150 valence electrons. The Hall–Kier alpha value is -2.26. The van der Waals surface area contributed by atoms with Crippen LogP contribution in [-0.2, 0) is 19.1 Å². The fraction of sp³-hybridized carbons (Fsp3) is 0.474.